The lowest BCUT2D eigenvalue weighted by molar-refractivity contribution is -0.121. The molecule has 0 heterocycles. The number of rotatable bonds is 8. The van der Waals surface area contributed by atoms with Gasteiger partial charge in [0.2, 0.25) is 5.91 Å². The molecule has 104 valence electrons. The van der Waals surface area contributed by atoms with Crippen LogP contribution in [0.25, 0.3) is 0 Å². The molecule has 1 N–H and O–H groups in total. The third-order valence-electron chi connectivity index (χ3n) is 2.54. The van der Waals surface area contributed by atoms with Crippen molar-refractivity contribution < 1.29 is 9.53 Å². The molecule has 1 amide bonds. The van der Waals surface area contributed by atoms with Crippen LogP contribution in [0.3, 0.4) is 0 Å². The minimum Gasteiger partial charge on any atom is -0.494 e. The van der Waals surface area contributed by atoms with Crippen LogP contribution in [0.5, 0.6) is 5.75 Å². The molecule has 0 atom stereocenters. The standard InChI is InChI=1S/C15H22N2O2/c1-4-10-16-15(18)12-17(3)11-13-6-8-14(9-7-13)19-5-2/h4,6-9H,1,5,10-12H2,2-3H3,(H,16,18). The topological polar surface area (TPSA) is 41.6 Å². The van der Waals surface area contributed by atoms with Gasteiger partial charge in [-0.05, 0) is 31.7 Å². The third-order valence-corrected chi connectivity index (χ3v) is 2.54. The molecular weight excluding hydrogens is 240 g/mol. The summed E-state index contributed by atoms with van der Waals surface area (Å²) in [4.78, 5) is 13.5. The third kappa shape index (κ3) is 6.06. The van der Waals surface area contributed by atoms with E-state index in [4.69, 9.17) is 4.74 Å². The van der Waals surface area contributed by atoms with Crippen molar-refractivity contribution in [2.24, 2.45) is 0 Å². The minimum atomic E-state index is 0.00772. The van der Waals surface area contributed by atoms with Crippen molar-refractivity contribution in [1.29, 1.82) is 0 Å². The van der Waals surface area contributed by atoms with Crippen molar-refractivity contribution in [3.63, 3.8) is 0 Å². The number of likely N-dealkylation sites (N-methyl/N-ethyl adjacent to an activating group) is 1. The van der Waals surface area contributed by atoms with Gasteiger partial charge < -0.3 is 10.1 Å². The quantitative estimate of drug-likeness (QED) is 0.727. The molecule has 0 fully saturated rings. The van der Waals surface area contributed by atoms with Crippen LogP contribution in [-0.4, -0.2) is 37.6 Å². The van der Waals surface area contributed by atoms with Gasteiger partial charge in [-0.25, -0.2) is 0 Å². The van der Waals surface area contributed by atoms with Crippen molar-refractivity contribution in [3.8, 4) is 5.75 Å². The maximum atomic E-state index is 11.5. The highest BCUT2D eigenvalue weighted by atomic mass is 16.5. The maximum absolute atomic E-state index is 11.5. The van der Waals surface area contributed by atoms with E-state index < -0.39 is 0 Å². The van der Waals surface area contributed by atoms with Gasteiger partial charge in [0, 0.05) is 13.1 Å². The van der Waals surface area contributed by atoms with Crippen molar-refractivity contribution in [3.05, 3.63) is 42.5 Å². The summed E-state index contributed by atoms with van der Waals surface area (Å²) < 4.78 is 5.39. The van der Waals surface area contributed by atoms with E-state index in [-0.39, 0.29) is 5.91 Å². The molecule has 0 aromatic heterocycles. The highest BCUT2D eigenvalue weighted by Gasteiger charge is 2.06. The Balaban J connectivity index is 2.40. The number of amides is 1. The van der Waals surface area contributed by atoms with Gasteiger partial charge in [0.1, 0.15) is 5.75 Å². The molecule has 4 nitrogen and oxygen atoms in total. The molecule has 0 saturated carbocycles. The number of carbonyl (C=O) groups is 1. The largest absolute Gasteiger partial charge is 0.494 e. The van der Waals surface area contributed by atoms with E-state index in [1.54, 1.807) is 6.08 Å². The molecule has 0 unspecified atom stereocenters. The smallest absolute Gasteiger partial charge is 0.234 e. The lowest BCUT2D eigenvalue weighted by atomic mass is 10.2. The molecule has 0 aliphatic heterocycles. The molecule has 1 aromatic carbocycles. The van der Waals surface area contributed by atoms with Gasteiger partial charge in [-0.15, -0.1) is 6.58 Å². The van der Waals surface area contributed by atoms with Gasteiger partial charge >= 0.3 is 0 Å². The summed E-state index contributed by atoms with van der Waals surface area (Å²) in [7, 11) is 1.92. The van der Waals surface area contributed by atoms with E-state index in [1.165, 1.54) is 0 Å². The highest BCUT2D eigenvalue weighted by molar-refractivity contribution is 5.78. The maximum Gasteiger partial charge on any atom is 0.234 e. The Morgan fingerprint density at radius 1 is 1.42 bits per heavy atom. The number of hydrogen-bond acceptors (Lipinski definition) is 3. The molecule has 0 aliphatic rings. The summed E-state index contributed by atoms with van der Waals surface area (Å²) in [6.07, 6.45) is 1.67. The molecule has 1 aromatic rings. The predicted molar refractivity (Wildman–Crippen MR) is 77.2 cm³/mol. The SMILES string of the molecule is C=CCNC(=O)CN(C)Cc1ccc(OCC)cc1. The molecule has 0 spiro atoms. The zero-order chi connectivity index (χ0) is 14.1. The summed E-state index contributed by atoms with van der Waals surface area (Å²) in [5, 5.41) is 2.76. The van der Waals surface area contributed by atoms with Crippen LogP contribution in [-0.2, 0) is 11.3 Å². The number of ether oxygens (including phenoxy) is 1. The molecule has 4 heteroatoms. The van der Waals surface area contributed by atoms with Crippen molar-refractivity contribution >= 4 is 5.91 Å². The van der Waals surface area contributed by atoms with Crippen molar-refractivity contribution in [1.82, 2.24) is 10.2 Å². The average Bonchev–Trinajstić information content (AvgIpc) is 2.39. The first-order chi connectivity index (χ1) is 9.15. The van der Waals surface area contributed by atoms with E-state index in [2.05, 4.69) is 11.9 Å². The first kappa shape index (κ1) is 15.2. The van der Waals surface area contributed by atoms with Crippen LogP contribution in [0, 0.1) is 0 Å². The van der Waals surface area contributed by atoms with E-state index >= 15 is 0 Å². The summed E-state index contributed by atoms with van der Waals surface area (Å²) in [5.41, 5.74) is 1.16. The monoisotopic (exact) mass is 262 g/mol. The van der Waals surface area contributed by atoms with Crippen LogP contribution in [0.4, 0.5) is 0 Å². The van der Waals surface area contributed by atoms with Crippen LogP contribution in [0.2, 0.25) is 0 Å². The fourth-order valence-electron chi connectivity index (χ4n) is 1.71. The van der Waals surface area contributed by atoms with Crippen molar-refractivity contribution in [2.75, 3.05) is 26.7 Å². The lowest BCUT2D eigenvalue weighted by Gasteiger charge is -2.16. The van der Waals surface area contributed by atoms with Crippen LogP contribution < -0.4 is 10.1 Å². The number of hydrogen-bond donors (Lipinski definition) is 1. The Morgan fingerprint density at radius 2 is 2.11 bits per heavy atom. The number of carbonyl (C=O) groups excluding carboxylic acids is 1. The zero-order valence-electron chi connectivity index (χ0n) is 11.7. The Kier molecular flexibility index (Phi) is 6.68. The van der Waals surface area contributed by atoms with Gasteiger partial charge in [-0.1, -0.05) is 18.2 Å². The molecule has 0 aliphatic carbocycles. The van der Waals surface area contributed by atoms with Gasteiger partial charge in [-0.2, -0.15) is 0 Å². The zero-order valence-corrected chi connectivity index (χ0v) is 11.7. The second kappa shape index (κ2) is 8.32. The fraction of sp³-hybridized carbons (Fsp3) is 0.400. The molecule has 0 saturated heterocycles. The molecule has 0 bridgehead atoms. The Morgan fingerprint density at radius 3 is 2.68 bits per heavy atom. The van der Waals surface area contributed by atoms with Gasteiger partial charge in [-0.3, -0.25) is 9.69 Å². The fourth-order valence-corrected chi connectivity index (χ4v) is 1.71. The minimum absolute atomic E-state index is 0.00772. The van der Waals surface area contributed by atoms with Gasteiger partial charge in [0.15, 0.2) is 0 Å². The van der Waals surface area contributed by atoms with Crippen molar-refractivity contribution in [2.45, 2.75) is 13.5 Å². The van der Waals surface area contributed by atoms with Gasteiger partial charge in [0.05, 0.1) is 13.2 Å². The Bertz CT molecular complexity index is 401. The van der Waals surface area contributed by atoms with E-state index in [9.17, 15) is 4.79 Å². The normalized spacial score (nSPS) is 10.3. The second-order valence-corrected chi connectivity index (χ2v) is 4.34. The molecule has 0 radical (unpaired) electrons. The molecular formula is C15H22N2O2. The summed E-state index contributed by atoms with van der Waals surface area (Å²) in [6, 6.07) is 7.93. The van der Waals surface area contributed by atoms with E-state index in [1.807, 2.05) is 43.1 Å². The Hall–Kier alpha value is -1.81. The predicted octanol–water partition coefficient (Wildman–Crippen LogP) is 1.82. The van der Waals surface area contributed by atoms with Crippen LogP contribution >= 0.6 is 0 Å². The summed E-state index contributed by atoms with van der Waals surface area (Å²) in [5.74, 6) is 0.881. The summed E-state index contributed by atoms with van der Waals surface area (Å²) in [6.45, 7) is 7.81. The highest BCUT2D eigenvalue weighted by Crippen LogP contribution is 2.13. The Labute approximate surface area is 115 Å². The van der Waals surface area contributed by atoms with Gasteiger partial charge in [0.25, 0.3) is 0 Å². The van der Waals surface area contributed by atoms with Crippen LogP contribution in [0.15, 0.2) is 36.9 Å². The molecule has 19 heavy (non-hydrogen) atoms. The van der Waals surface area contributed by atoms with Crippen LogP contribution in [0.1, 0.15) is 12.5 Å². The first-order valence-corrected chi connectivity index (χ1v) is 6.43. The second-order valence-electron chi connectivity index (χ2n) is 4.34. The number of nitrogens with one attached hydrogen (secondary N) is 1. The lowest BCUT2D eigenvalue weighted by Crippen LogP contribution is -2.34. The number of nitrogens with zero attached hydrogens (tertiary/aromatic N) is 1. The van der Waals surface area contributed by atoms with E-state index in [0.717, 1.165) is 17.9 Å². The summed E-state index contributed by atoms with van der Waals surface area (Å²) >= 11 is 0. The first-order valence-electron chi connectivity index (χ1n) is 6.43. The number of benzene rings is 1. The molecule has 1 rings (SSSR count). The average molecular weight is 262 g/mol. The van der Waals surface area contributed by atoms with E-state index in [0.29, 0.717) is 19.7 Å².